The second-order valence-corrected chi connectivity index (χ2v) is 21.8. The highest BCUT2D eigenvalue weighted by Crippen LogP contribution is 2.42. The molecule has 1 amide bonds. The van der Waals surface area contributed by atoms with Crippen molar-refractivity contribution in [3.05, 3.63) is 34.6 Å². The average Bonchev–Trinajstić information content (AvgIpc) is 3.62. The summed E-state index contributed by atoms with van der Waals surface area (Å²) < 4.78 is 20.0. The SMILES string of the molecule is COCc1nc2ccc(-c3cn(COCC[Si](C)(C)C)c4nc(N5[C@@H]6CC[C@H]5CC(NC(=O)OC(C)(C)C)C6)cnc34)c(Cl)c2s1. The molecule has 0 saturated carbocycles. The quantitative estimate of drug-likeness (QED) is 0.133. The normalized spacial score (nSPS) is 20.2. The number of fused-ring (bicyclic) bond motifs is 4. The third kappa shape index (κ3) is 7.20. The lowest BCUT2D eigenvalue weighted by atomic mass is 9.97. The number of nitrogens with one attached hydrogen (secondary N) is 1. The summed E-state index contributed by atoms with van der Waals surface area (Å²) in [4.78, 5) is 29.9. The summed E-state index contributed by atoms with van der Waals surface area (Å²) in [5.41, 5.74) is 3.70. The van der Waals surface area contributed by atoms with Crippen LogP contribution in [0, 0.1) is 0 Å². The number of nitrogens with zero attached hydrogens (tertiary/aromatic N) is 5. The number of methoxy groups -OCH3 is 1. The van der Waals surface area contributed by atoms with Gasteiger partial charge in [-0.05, 0) is 58.6 Å². The summed E-state index contributed by atoms with van der Waals surface area (Å²) >= 11 is 8.61. The molecule has 0 spiro atoms. The number of alkyl carbamates (subject to hydrolysis) is 1. The van der Waals surface area contributed by atoms with E-state index in [0.29, 0.717) is 25.0 Å². The molecule has 10 nitrogen and oxygen atoms in total. The first-order valence-corrected chi connectivity index (χ1v) is 21.0. The molecule has 248 valence electrons. The molecule has 46 heavy (non-hydrogen) atoms. The highest BCUT2D eigenvalue weighted by atomic mass is 35.5. The van der Waals surface area contributed by atoms with Crippen molar-refractivity contribution in [1.29, 1.82) is 0 Å². The van der Waals surface area contributed by atoms with Gasteiger partial charge in [0, 0.05) is 57.2 Å². The van der Waals surface area contributed by atoms with Crippen molar-refractivity contribution in [1.82, 2.24) is 24.8 Å². The number of halogens is 1. The van der Waals surface area contributed by atoms with Crippen LogP contribution in [-0.2, 0) is 27.5 Å². The maximum atomic E-state index is 12.5. The lowest BCUT2D eigenvalue weighted by Gasteiger charge is -2.39. The van der Waals surface area contributed by atoms with E-state index in [2.05, 4.69) is 45.6 Å². The number of anilines is 1. The summed E-state index contributed by atoms with van der Waals surface area (Å²) in [5.74, 6) is 0.858. The number of hydrogen-bond acceptors (Lipinski definition) is 9. The molecule has 3 atom stereocenters. The summed E-state index contributed by atoms with van der Waals surface area (Å²) in [6.45, 7) is 14.3. The minimum atomic E-state index is -1.24. The number of ether oxygens (including phenoxy) is 3. The van der Waals surface area contributed by atoms with Gasteiger partial charge in [-0.25, -0.2) is 19.7 Å². The fourth-order valence-corrected chi connectivity index (χ4v) is 8.65. The van der Waals surface area contributed by atoms with Crippen LogP contribution >= 0.6 is 22.9 Å². The number of rotatable bonds is 10. The first-order chi connectivity index (χ1) is 21.8. The van der Waals surface area contributed by atoms with Crippen molar-refractivity contribution in [3.63, 3.8) is 0 Å². The van der Waals surface area contributed by atoms with Crippen LogP contribution in [0.2, 0.25) is 30.7 Å². The van der Waals surface area contributed by atoms with Gasteiger partial charge >= 0.3 is 6.09 Å². The summed E-state index contributed by atoms with van der Waals surface area (Å²) in [7, 11) is 0.432. The van der Waals surface area contributed by atoms with Crippen LogP contribution in [0.15, 0.2) is 24.5 Å². The standard InChI is InChI=1S/C33H45ClN6O4SSi/c1-33(2,3)44-32(41)36-20-14-21-8-9-22(15-20)40(21)26-16-35-29-24(17-39(31(29)38-26)19-43-12-13-46(5,6)7)23-10-11-25-30(28(23)34)45-27(37-25)18-42-4/h10-11,16-17,20-22H,8-9,12-15,18-19H2,1-7H3,(H,36,41)/t20?,21-,22+. The van der Waals surface area contributed by atoms with Crippen LogP contribution in [-0.4, -0.2) is 71.1 Å². The molecule has 2 aliphatic heterocycles. The maximum Gasteiger partial charge on any atom is 0.407 e. The van der Waals surface area contributed by atoms with Gasteiger partial charge in [0.15, 0.2) is 5.65 Å². The number of aromatic nitrogens is 4. The minimum absolute atomic E-state index is 0.0729. The van der Waals surface area contributed by atoms with E-state index in [1.165, 1.54) is 0 Å². The van der Waals surface area contributed by atoms with E-state index in [-0.39, 0.29) is 24.2 Å². The first-order valence-electron chi connectivity index (χ1n) is 16.1. The summed E-state index contributed by atoms with van der Waals surface area (Å²) in [6.07, 6.45) is 7.41. The van der Waals surface area contributed by atoms with Crippen LogP contribution in [0.1, 0.15) is 51.5 Å². The van der Waals surface area contributed by atoms with Crippen LogP contribution in [0.5, 0.6) is 0 Å². The predicted octanol–water partition coefficient (Wildman–Crippen LogP) is 7.84. The van der Waals surface area contributed by atoms with Crippen molar-refractivity contribution in [3.8, 4) is 11.1 Å². The lowest BCUT2D eigenvalue weighted by molar-refractivity contribution is 0.0492. The molecule has 2 saturated heterocycles. The Morgan fingerprint density at radius 2 is 1.87 bits per heavy atom. The van der Waals surface area contributed by atoms with Crippen molar-refractivity contribution >= 4 is 64.3 Å². The fourth-order valence-electron chi connectivity index (χ4n) is 6.54. The third-order valence-corrected chi connectivity index (χ3v) is 11.9. The molecule has 1 unspecified atom stereocenters. The smallest absolute Gasteiger partial charge is 0.407 e. The molecule has 5 heterocycles. The van der Waals surface area contributed by atoms with Crippen LogP contribution in [0.3, 0.4) is 0 Å². The van der Waals surface area contributed by atoms with Gasteiger partial charge in [0.2, 0.25) is 0 Å². The second-order valence-electron chi connectivity index (χ2n) is 14.7. The first kappa shape index (κ1) is 33.1. The Balaban J connectivity index is 1.31. The van der Waals surface area contributed by atoms with E-state index in [1.807, 2.05) is 39.1 Å². The molecular formula is C33H45ClN6O4SSi. The zero-order chi connectivity index (χ0) is 32.8. The fraction of sp³-hybridized carbons (Fsp3) is 0.576. The Morgan fingerprint density at radius 1 is 1.13 bits per heavy atom. The van der Waals surface area contributed by atoms with Gasteiger partial charge in [-0.15, -0.1) is 11.3 Å². The second kappa shape index (κ2) is 13.0. The third-order valence-electron chi connectivity index (χ3n) is 8.60. The zero-order valence-electron chi connectivity index (χ0n) is 27.9. The van der Waals surface area contributed by atoms with E-state index in [0.717, 1.165) is 75.1 Å². The molecule has 1 N–H and O–H groups in total. The molecule has 4 aromatic rings. The Kier molecular flexibility index (Phi) is 9.38. The molecule has 2 fully saturated rings. The van der Waals surface area contributed by atoms with Gasteiger partial charge in [-0.3, -0.25) is 0 Å². The van der Waals surface area contributed by atoms with Crippen LogP contribution < -0.4 is 10.2 Å². The number of thiazole rings is 1. The van der Waals surface area contributed by atoms with Crippen LogP contribution in [0.25, 0.3) is 32.5 Å². The Morgan fingerprint density at radius 3 is 2.54 bits per heavy atom. The van der Waals surface area contributed by atoms with Gasteiger partial charge in [0.05, 0.1) is 28.0 Å². The zero-order valence-corrected chi connectivity index (χ0v) is 30.4. The summed E-state index contributed by atoms with van der Waals surface area (Å²) in [5, 5.41) is 4.65. The molecule has 2 bridgehead atoms. The van der Waals surface area contributed by atoms with E-state index >= 15 is 0 Å². The van der Waals surface area contributed by atoms with Gasteiger partial charge < -0.3 is 29.0 Å². The molecule has 2 aliphatic rings. The molecule has 0 aliphatic carbocycles. The largest absolute Gasteiger partial charge is 0.444 e. The van der Waals surface area contributed by atoms with E-state index < -0.39 is 13.7 Å². The number of carbonyl (C=O) groups excluding carboxylic acids is 1. The topological polar surface area (TPSA) is 104 Å². The number of piperidine rings is 1. The average molecular weight is 685 g/mol. The van der Waals surface area contributed by atoms with Crippen molar-refractivity contribution in [2.75, 3.05) is 18.6 Å². The monoisotopic (exact) mass is 684 g/mol. The Labute approximate surface area is 280 Å². The number of benzene rings is 1. The number of carbonyl (C=O) groups is 1. The van der Waals surface area contributed by atoms with Gasteiger partial charge in [0.1, 0.15) is 28.7 Å². The van der Waals surface area contributed by atoms with E-state index in [4.69, 9.17) is 35.8 Å². The Bertz CT molecular complexity index is 1720. The molecule has 13 heteroatoms. The van der Waals surface area contributed by atoms with Crippen LogP contribution in [0.4, 0.5) is 10.6 Å². The van der Waals surface area contributed by atoms with Gasteiger partial charge in [-0.1, -0.05) is 37.3 Å². The van der Waals surface area contributed by atoms with Crippen molar-refractivity contribution in [2.24, 2.45) is 0 Å². The van der Waals surface area contributed by atoms with Crippen molar-refractivity contribution < 1.29 is 19.0 Å². The van der Waals surface area contributed by atoms with E-state index in [1.54, 1.807) is 18.4 Å². The predicted molar refractivity (Wildman–Crippen MR) is 188 cm³/mol. The van der Waals surface area contributed by atoms with E-state index in [9.17, 15) is 4.79 Å². The highest BCUT2D eigenvalue weighted by molar-refractivity contribution is 7.19. The summed E-state index contributed by atoms with van der Waals surface area (Å²) in [6, 6.07) is 5.72. The van der Waals surface area contributed by atoms with Gasteiger partial charge in [-0.2, -0.15) is 0 Å². The molecular weight excluding hydrogens is 640 g/mol. The molecule has 1 aromatic carbocycles. The maximum absolute atomic E-state index is 12.5. The number of amides is 1. The number of hydrogen-bond donors (Lipinski definition) is 1. The lowest BCUT2D eigenvalue weighted by Crippen LogP contribution is -2.51. The molecule has 3 aromatic heterocycles. The molecule has 6 rings (SSSR count). The van der Waals surface area contributed by atoms with Crippen molar-refractivity contribution in [2.45, 2.75) is 109 Å². The molecule has 0 radical (unpaired) electrons. The Hall–Kier alpha value is -2.77. The van der Waals surface area contributed by atoms with Gasteiger partial charge in [0.25, 0.3) is 0 Å². The minimum Gasteiger partial charge on any atom is -0.444 e. The highest BCUT2D eigenvalue weighted by Gasteiger charge is 2.42.